The number of unbranched alkanes of at least 4 members (excludes halogenated alkanes) is 1. The zero-order chi connectivity index (χ0) is 14.4. The molecule has 0 saturated carbocycles. The fraction of sp³-hybridized carbons (Fsp3) is 0.417. The number of anilines is 1. The first kappa shape index (κ1) is 15.2. The molecule has 0 fully saturated rings. The van der Waals surface area contributed by atoms with Crippen molar-refractivity contribution < 1.29 is 14.7 Å². The number of pyridine rings is 1. The fourth-order valence-corrected chi connectivity index (χ4v) is 1.73. The Kier molecular flexibility index (Phi) is 5.57. The summed E-state index contributed by atoms with van der Waals surface area (Å²) in [5.74, 6) is -1.37. The Bertz CT molecular complexity index is 479. The minimum absolute atomic E-state index is 0.166. The van der Waals surface area contributed by atoms with Crippen LogP contribution < -0.4 is 11.1 Å². The van der Waals surface area contributed by atoms with Gasteiger partial charge >= 0.3 is 5.97 Å². The van der Waals surface area contributed by atoms with E-state index < -0.39 is 17.9 Å². The van der Waals surface area contributed by atoms with E-state index >= 15 is 0 Å². The van der Waals surface area contributed by atoms with Crippen molar-refractivity contribution in [2.45, 2.75) is 32.2 Å². The highest BCUT2D eigenvalue weighted by Crippen LogP contribution is 2.21. The van der Waals surface area contributed by atoms with Crippen LogP contribution in [-0.2, 0) is 4.79 Å². The summed E-state index contributed by atoms with van der Waals surface area (Å²) < 4.78 is 0. The van der Waals surface area contributed by atoms with Gasteiger partial charge in [0.1, 0.15) is 11.9 Å². The number of primary amides is 1. The summed E-state index contributed by atoms with van der Waals surface area (Å²) in [6.45, 7) is 1.98. The summed E-state index contributed by atoms with van der Waals surface area (Å²) in [6, 6.07) is 0.599. The molecule has 0 aliphatic heterocycles. The molecule has 0 aliphatic rings. The van der Waals surface area contributed by atoms with E-state index in [0.717, 1.165) is 12.8 Å². The van der Waals surface area contributed by atoms with Crippen molar-refractivity contribution in [3.05, 3.63) is 22.8 Å². The number of amides is 1. The van der Waals surface area contributed by atoms with Gasteiger partial charge in [0.2, 0.25) is 5.91 Å². The maximum Gasteiger partial charge on any atom is 0.326 e. The van der Waals surface area contributed by atoms with Crippen LogP contribution in [0.15, 0.2) is 12.3 Å². The second-order valence-electron chi connectivity index (χ2n) is 4.10. The van der Waals surface area contributed by atoms with Crippen molar-refractivity contribution in [2.75, 3.05) is 5.32 Å². The summed E-state index contributed by atoms with van der Waals surface area (Å²) in [5.41, 5.74) is 5.27. The summed E-state index contributed by atoms with van der Waals surface area (Å²) in [4.78, 5) is 26.0. The highest BCUT2D eigenvalue weighted by molar-refractivity contribution is 6.33. The van der Waals surface area contributed by atoms with Gasteiger partial charge < -0.3 is 16.2 Å². The van der Waals surface area contributed by atoms with E-state index in [4.69, 9.17) is 22.4 Å². The number of rotatable bonds is 7. The quantitative estimate of drug-likeness (QED) is 0.709. The van der Waals surface area contributed by atoms with Crippen LogP contribution in [0.3, 0.4) is 0 Å². The lowest BCUT2D eigenvalue weighted by Gasteiger charge is -2.15. The van der Waals surface area contributed by atoms with Crippen molar-refractivity contribution in [2.24, 2.45) is 5.73 Å². The number of carboxylic acids is 1. The van der Waals surface area contributed by atoms with E-state index in [-0.39, 0.29) is 16.4 Å². The predicted molar refractivity (Wildman–Crippen MR) is 72.3 cm³/mol. The molecule has 0 bridgehead atoms. The van der Waals surface area contributed by atoms with Gasteiger partial charge in [-0.2, -0.15) is 0 Å². The number of halogens is 1. The van der Waals surface area contributed by atoms with Crippen molar-refractivity contribution in [1.82, 2.24) is 4.98 Å². The van der Waals surface area contributed by atoms with Crippen molar-refractivity contribution >= 4 is 29.3 Å². The molecule has 0 saturated heterocycles. The average Bonchev–Trinajstić information content (AvgIpc) is 2.35. The molecule has 1 amide bonds. The Morgan fingerprint density at radius 3 is 2.74 bits per heavy atom. The van der Waals surface area contributed by atoms with Crippen molar-refractivity contribution in [3.8, 4) is 0 Å². The molecule has 104 valence electrons. The SMILES string of the molecule is CCCCC(Nc1ncc(C(N)=O)cc1Cl)C(=O)O. The second-order valence-corrected chi connectivity index (χ2v) is 4.50. The molecule has 1 aromatic heterocycles. The third kappa shape index (κ3) is 4.40. The molecular formula is C12H16ClN3O3. The van der Waals surface area contributed by atoms with Crippen LogP contribution in [0, 0.1) is 0 Å². The van der Waals surface area contributed by atoms with E-state index in [1.165, 1.54) is 12.3 Å². The molecule has 7 heteroatoms. The van der Waals surface area contributed by atoms with Gasteiger partial charge in [0, 0.05) is 6.20 Å². The lowest BCUT2D eigenvalue weighted by Crippen LogP contribution is -2.29. The Morgan fingerprint density at radius 2 is 2.26 bits per heavy atom. The highest BCUT2D eigenvalue weighted by atomic mass is 35.5. The number of carbonyl (C=O) groups is 2. The molecule has 0 spiro atoms. The third-order valence-corrected chi connectivity index (χ3v) is 2.87. The largest absolute Gasteiger partial charge is 0.480 e. The predicted octanol–water partition coefficient (Wildman–Crippen LogP) is 1.89. The summed E-state index contributed by atoms with van der Waals surface area (Å²) in [6.07, 6.45) is 3.41. The van der Waals surface area contributed by atoms with Crippen LogP contribution >= 0.6 is 11.6 Å². The van der Waals surface area contributed by atoms with Gasteiger partial charge in [-0.1, -0.05) is 31.4 Å². The number of aliphatic carboxylic acids is 1. The van der Waals surface area contributed by atoms with Gasteiger partial charge in [0.15, 0.2) is 0 Å². The van der Waals surface area contributed by atoms with Crippen molar-refractivity contribution in [3.63, 3.8) is 0 Å². The molecule has 1 atom stereocenters. The minimum atomic E-state index is -0.967. The number of hydrogen-bond acceptors (Lipinski definition) is 4. The molecular weight excluding hydrogens is 270 g/mol. The number of carboxylic acid groups (broad SMARTS) is 1. The molecule has 19 heavy (non-hydrogen) atoms. The zero-order valence-electron chi connectivity index (χ0n) is 10.5. The molecule has 0 aliphatic carbocycles. The Labute approximate surface area is 116 Å². The van der Waals surface area contributed by atoms with E-state index in [1.807, 2.05) is 6.92 Å². The summed E-state index contributed by atoms with van der Waals surface area (Å²) in [5, 5.41) is 12.0. The summed E-state index contributed by atoms with van der Waals surface area (Å²) in [7, 11) is 0. The monoisotopic (exact) mass is 285 g/mol. The molecule has 1 aromatic rings. The van der Waals surface area contributed by atoms with Gasteiger partial charge in [-0.05, 0) is 12.5 Å². The number of hydrogen-bond donors (Lipinski definition) is 3. The first-order valence-electron chi connectivity index (χ1n) is 5.90. The normalized spacial score (nSPS) is 11.9. The number of carbonyl (C=O) groups excluding carboxylic acids is 1. The van der Waals surface area contributed by atoms with Crippen LogP contribution in [0.2, 0.25) is 5.02 Å². The fourth-order valence-electron chi connectivity index (χ4n) is 1.51. The van der Waals surface area contributed by atoms with Crippen LogP contribution in [0.25, 0.3) is 0 Å². The van der Waals surface area contributed by atoms with Crippen LogP contribution in [0.4, 0.5) is 5.82 Å². The van der Waals surface area contributed by atoms with Crippen molar-refractivity contribution in [1.29, 1.82) is 0 Å². The molecule has 0 aromatic carbocycles. The smallest absolute Gasteiger partial charge is 0.326 e. The highest BCUT2D eigenvalue weighted by Gasteiger charge is 2.18. The van der Waals surface area contributed by atoms with E-state index in [1.54, 1.807) is 0 Å². The number of aromatic nitrogens is 1. The first-order valence-corrected chi connectivity index (χ1v) is 6.28. The lowest BCUT2D eigenvalue weighted by molar-refractivity contribution is -0.138. The Morgan fingerprint density at radius 1 is 1.58 bits per heavy atom. The maximum atomic E-state index is 11.1. The van der Waals surface area contributed by atoms with Crippen LogP contribution in [-0.4, -0.2) is 28.0 Å². The van der Waals surface area contributed by atoms with Gasteiger partial charge in [-0.15, -0.1) is 0 Å². The molecule has 1 rings (SSSR count). The minimum Gasteiger partial charge on any atom is -0.480 e. The lowest BCUT2D eigenvalue weighted by atomic mass is 10.1. The van der Waals surface area contributed by atoms with Gasteiger partial charge in [-0.3, -0.25) is 4.79 Å². The van der Waals surface area contributed by atoms with Gasteiger partial charge in [-0.25, -0.2) is 9.78 Å². The maximum absolute atomic E-state index is 11.1. The Balaban J connectivity index is 2.84. The first-order chi connectivity index (χ1) is 8.95. The average molecular weight is 286 g/mol. The summed E-state index contributed by atoms with van der Waals surface area (Å²) >= 11 is 5.93. The molecule has 0 radical (unpaired) electrons. The standard InChI is InChI=1S/C12H16ClN3O3/c1-2-3-4-9(12(18)19)16-11-8(13)5-7(6-15-11)10(14)17/h5-6,9H,2-4H2,1H3,(H2,14,17)(H,15,16)(H,18,19). The van der Waals surface area contributed by atoms with E-state index in [0.29, 0.717) is 6.42 Å². The Hall–Kier alpha value is -1.82. The second kappa shape index (κ2) is 6.94. The topological polar surface area (TPSA) is 105 Å². The van der Waals surface area contributed by atoms with Crippen LogP contribution in [0.5, 0.6) is 0 Å². The third-order valence-electron chi connectivity index (χ3n) is 2.58. The van der Waals surface area contributed by atoms with E-state index in [2.05, 4.69) is 10.3 Å². The van der Waals surface area contributed by atoms with E-state index in [9.17, 15) is 9.59 Å². The number of nitrogens with two attached hydrogens (primary N) is 1. The zero-order valence-corrected chi connectivity index (χ0v) is 11.3. The van der Waals surface area contributed by atoms with Gasteiger partial charge in [0.25, 0.3) is 0 Å². The number of nitrogens with zero attached hydrogens (tertiary/aromatic N) is 1. The molecule has 4 N–H and O–H groups in total. The molecule has 1 heterocycles. The number of nitrogens with one attached hydrogen (secondary N) is 1. The van der Waals surface area contributed by atoms with Crippen LogP contribution in [0.1, 0.15) is 36.5 Å². The molecule has 6 nitrogen and oxygen atoms in total. The van der Waals surface area contributed by atoms with Gasteiger partial charge in [0.05, 0.1) is 10.6 Å². The molecule has 1 unspecified atom stereocenters.